The number of aliphatic carboxylic acids is 1. The van der Waals surface area contributed by atoms with E-state index in [0.717, 1.165) is 16.9 Å². The van der Waals surface area contributed by atoms with Crippen molar-refractivity contribution in [2.75, 3.05) is 7.11 Å². The number of benzene rings is 2. The lowest BCUT2D eigenvalue weighted by Gasteiger charge is -2.16. The predicted molar refractivity (Wildman–Crippen MR) is 73.5 cm³/mol. The van der Waals surface area contributed by atoms with Crippen molar-refractivity contribution in [3.05, 3.63) is 65.7 Å². The number of carboxylic acid groups (broad SMARTS) is 1. The van der Waals surface area contributed by atoms with Crippen molar-refractivity contribution in [1.29, 1.82) is 0 Å². The molecule has 1 atom stereocenters. The Labute approximate surface area is 112 Å². The second-order valence-electron chi connectivity index (χ2n) is 4.34. The summed E-state index contributed by atoms with van der Waals surface area (Å²) in [6.45, 7) is 0. The average molecular weight is 256 g/mol. The molecule has 3 nitrogen and oxygen atoms in total. The first-order chi connectivity index (χ1) is 9.20. The van der Waals surface area contributed by atoms with Crippen molar-refractivity contribution in [1.82, 2.24) is 0 Å². The zero-order valence-corrected chi connectivity index (χ0v) is 10.7. The summed E-state index contributed by atoms with van der Waals surface area (Å²) >= 11 is 0. The molecule has 0 fully saturated rings. The molecule has 0 aliphatic carbocycles. The molecule has 98 valence electrons. The minimum absolute atomic E-state index is 0.0666. The van der Waals surface area contributed by atoms with Crippen molar-refractivity contribution in [3.63, 3.8) is 0 Å². The van der Waals surface area contributed by atoms with Crippen molar-refractivity contribution in [2.45, 2.75) is 12.3 Å². The van der Waals surface area contributed by atoms with Gasteiger partial charge in [-0.1, -0.05) is 42.5 Å². The van der Waals surface area contributed by atoms with E-state index in [1.807, 2.05) is 54.6 Å². The van der Waals surface area contributed by atoms with Gasteiger partial charge in [-0.3, -0.25) is 4.79 Å². The molecular formula is C16H16O3. The molecule has 0 aromatic heterocycles. The van der Waals surface area contributed by atoms with Gasteiger partial charge in [-0.25, -0.2) is 0 Å². The van der Waals surface area contributed by atoms with Gasteiger partial charge in [0.1, 0.15) is 5.75 Å². The van der Waals surface area contributed by atoms with Crippen molar-refractivity contribution >= 4 is 5.97 Å². The minimum atomic E-state index is -0.809. The van der Waals surface area contributed by atoms with Crippen LogP contribution in [0, 0.1) is 0 Å². The van der Waals surface area contributed by atoms with Crippen LogP contribution in [-0.4, -0.2) is 18.2 Å². The van der Waals surface area contributed by atoms with Crippen LogP contribution in [0.5, 0.6) is 5.75 Å². The van der Waals surface area contributed by atoms with E-state index < -0.39 is 5.97 Å². The third-order valence-electron chi connectivity index (χ3n) is 3.08. The summed E-state index contributed by atoms with van der Waals surface area (Å²) in [6, 6.07) is 17.2. The maximum atomic E-state index is 11.1. The first-order valence-electron chi connectivity index (χ1n) is 6.11. The van der Waals surface area contributed by atoms with Crippen molar-refractivity contribution in [3.8, 4) is 5.75 Å². The van der Waals surface area contributed by atoms with E-state index in [1.165, 1.54) is 0 Å². The zero-order valence-electron chi connectivity index (χ0n) is 10.7. The van der Waals surface area contributed by atoms with Crippen LogP contribution in [0.2, 0.25) is 0 Å². The SMILES string of the molecule is COc1cccc(C(CC(=O)O)c2ccccc2)c1. The highest BCUT2D eigenvalue weighted by molar-refractivity contribution is 5.69. The van der Waals surface area contributed by atoms with Crippen LogP contribution in [0.25, 0.3) is 0 Å². The van der Waals surface area contributed by atoms with E-state index >= 15 is 0 Å². The van der Waals surface area contributed by atoms with E-state index in [2.05, 4.69) is 0 Å². The molecule has 19 heavy (non-hydrogen) atoms. The Kier molecular flexibility index (Phi) is 4.18. The van der Waals surface area contributed by atoms with Gasteiger partial charge in [0.2, 0.25) is 0 Å². The molecule has 0 heterocycles. The van der Waals surface area contributed by atoms with E-state index in [9.17, 15) is 4.79 Å². The molecule has 2 aromatic rings. The van der Waals surface area contributed by atoms with Gasteiger partial charge in [0.05, 0.1) is 13.5 Å². The quantitative estimate of drug-likeness (QED) is 0.892. The highest BCUT2D eigenvalue weighted by atomic mass is 16.5. The Bertz CT molecular complexity index is 549. The number of ether oxygens (including phenoxy) is 1. The molecule has 0 radical (unpaired) electrons. The van der Waals surface area contributed by atoms with Gasteiger partial charge in [0.15, 0.2) is 0 Å². The molecule has 0 amide bonds. The summed E-state index contributed by atoms with van der Waals surface area (Å²) in [5.74, 6) is -0.228. The van der Waals surface area contributed by atoms with Crippen LogP contribution >= 0.6 is 0 Å². The van der Waals surface area contributed by atoms with Crippen LogP contribution in [0.3, 0.4) is 0 Å². The Hall–Kier alpha value is -2.29. The molecule has 0 aliphatic rings. The van der Waals surface area contributed by atoms with Crippen molar-refractivity contribution in [2.24, 2.45) is 0 Å². The summed E-state index contributed by atoms with van der Waals surface area (Å²) in [5.41, 5.74) is 1.95. The lowest BCUT2D eigenvalue weighted by molar-refractivity contribution is -0.137. The van der Waals surface area contributed by atoms with Gasteiger partial charge in [-0.15, -0.1) is 0 Å². The van der Waals surface area contributed by atoms with Gasteiger partial charge in [-0.05, 0) is 23.3 Å². The maximum absolute atomic E-state index is 11.1. The van der Waals surface area contributed by atoms with Gasteiger partial charge in [0.25, 0.3) is 0 Å². The van der Waals surface area contributed by atoms with Crippen LogP contribution in [0.15, 0.2) is 54.6 Å². The molecule has 2 rings (SSSR count). The second kappa shape index (κ2) is 6.05. The molecule has 1 N–H and O–H groups in total. The Morgan fingerprint density at radius 1 is 1.11 bits per heavy atom. The van der Waals surface area contributed by atoms with Gasteiger partial charge < -0.3 is 9.84 Å². The number of carbonyl (C=O) groups is 1. The lowest BCUT2D eigenvalue weighted by atomic mass is 9.88. The molecule has 0 spiro atoms. The Morgan fingerprint density at radius 3 is 2.42 bits per heavy atom. The fourth-order valence-electron chi connectivity index (χ4n) is 2.15. The molecule has 0 saturated heterocycles. The minimum Gasteiger partial charge on any atom is -0.497 e. The molecular weight excluding hydrogens is 240 g/mol. The summed E-state index contributed by atoms with van der Waals surface area (Å²) in [4.78, 5) is 11.1. The smallest absolute Gasteiger partial charge is 0.304 e. The fourth-order valence-corrected chi connectivity index (χ4v) is 2.15. The van der Waals surface area contributed by atoms with Crippen LogP contribution in [-0.2, 0) is 4.79 Å². The highest BCUT2D eigenvalue weighted by Gasteiger charge is 2.18. The van der Waals surface area contributed by atoms with E-state index in [0.29, 0.717) is 0 Å². The lowest BCUT2D eigenvalue weighted by Crippen LogP contribution is -2.08. The topological polar surface area (TPSA) is 46.5 Å². The standard InChI is InChI=1S/C16H16O3/c1-19-14-9-5-8-13(10-14)15(11-16(17)18)12-6-3-2-4-7-12/h2-10,15H,11H2,1H3,(H,17,18). The summed E-state index contributed by atoms with van der Waals surface area (Å²) in [7, 11) is 1.60. The molecule has 3 heteroatoms. The fraction of sp³-hybridized carbons (Fsp3) is 0.188. The largest absolute Gasteiger partial charge is 0.497 e. The van der Waals surface area contributed by atoms with Gasteiger partial charge in [0, 0.05) is 5.92 Å². The van der Waals surface area contributed by atoms with Crippen molar-refractivity contribution < 1.29 is 14.6 Å². The molecule has 0 saturated carbocycles. The molecule has 0 aliphatic heterocycles. The Balaban J connectivity index is 2.39. The summed E-state index contributed by atoms with van der Waals surface area (Å²) < 4.78 is 5.20. The van der Waals surface area contributed by atoms with Crippen LogP contribution in [0.1, 0.15) is 23.5 Å². The monoisotopic (exact) mass is 256 g/mol. The maximum Gasteiger partial charge on any atom is 0.304 e. The van der Waals surface area contributed by atoms with E-state index in [4.69, 9.17) is 9.84 Å². The normalized spacial score (nSPS) is 11.8. The first kappa shape index (κ1) is 13.1. The van der Waals surface area contributed by atoms with Gasteiger partial charge in [-0.2, -0.15) is 0 Å². The molecule has 0 bridgehead atoms. The zero-order chi connectivity index (χ0) is 13.7. The number of rotatable bonds is 5. The van der Waals surface area contributed by atoms with E-state index in [1.54, 1.807) is 7.11 Å². The number of methoxy groups -OCH3 is 1. The predicted octanol–water partition coefficient (Wildman–Crippen LogP) is 3.30. The molecule has 1 unspecified atom stereocenters. The summed E-state index contributed by atoms with van der Waals surface area (Å²) in [5, 5.41) is 9.10. The number of hydrogen-bond donors (Lipinski definition) is 1. The average Bonchev–Trinajstić information content (AvgIpc) is 2.45. The third kappa shape index (κ3) is 3.35. The van der Waals surface area contributed by atoms with Crippen LogP contribution < -0.4 is 4.74 Å². The van der Waals surface area contributed by atoms with Gasteiger partial charge >= 0.3 is 5.97 Å². The third-order valence-corrected chi connectivity index (χ3v) is 3.08. The molecule has 2 aromatic carbocycles. The highest BCUT2D eigenvalue weighted by Crippen LogP contribution is 2.30. The first-order valence-corrected chi connectivity index (χ1v) is 6.11. The number of carboxylic acids is 1. The summed E-state index contributed by atoms with van der Waals surface area (Å²) in [6.07, 6.45) is 0.0666. The Morgan fingerprint density at radius 2 is 1.79 bits per heavy atom. The number of hydrogen-bond acceptors (Lipinski definition) is 2. The second-order valence-corrected chi connectivity index (χ2v) is 4.34. The van der Waals surface area contributed by atoms with Crippen LogP contribution in [0.4, 0.5) is 0 Å². The van der Waals surface area contributed by atoms with E-state index in [-0.39, 0.29) is 12.3 Å².